The second-order valence-electron chi connectivity index (χ2n) is 6.09. The average Bonchev–Trinajstić information content (AvgIpc) is 3.14. The van der Waals surface area contributed by atoms with E-state index in [4.69, 9.17) is 0 Å². The minimum atomic E-state index is 0.0211. The van der Waals surface area contributed by atoms with Gasteiger partial charge in [-0.2, -0.15) is 5.10 Å². The van der Waals surface area contributed by atoms with E-state index in [0.717, 1.165) is 18.7 Å². The van der Waals surface area contributed by atoms with Gasteiger partial charge >= 0.3 is 0 Å². The summed E-state index contributed by atoms with van der Waals surface area (Å²) in [7, 11) is 0. The highest BCUT2D eigenvalue weighted by Crippen LogP contribution is 2.17. The molecule has 5 nitrogen and oxygen atoms in total. The molecule has 2 N–H and O–H groups in total. The van der Waals surface area contributed by atoms with Crippen LogP contribution in [0.5, 0.6) is 0 Å². The predicted octanol–water partition coefficient (Wildman–Crippen LogP) is 2.31. The predicted molar refractivity (Wildman–Crippen MR) is 84.5 cm³/mol. The Bertz CT molecular complexity index is 626. The molecule has 1 saturated carbocycles. The van der Waals surface area contributed by atoms with Crippen molar-refractivity contribution in [3.05, 3.63) is 47.0 Å². The number of carbonyl (C=O) groups excluding carboxylic acids is 1. The summed E-state index contributed by atoms with van der Waals surface area (Å²) in [4.78, 5) is 16.4. The van der Waals surface area contributed by atoms with E-state index in [1.807, 2.05) is 0 Å². The molecule has 3 rings (SSSR count). The number of hydrogen-bond acceptors (Lipinski definition) is 3. The Labute approximate surface area is 130 Å². The molecule has 1 fully saturated rings. The number of hydrogen-bond donors (Lipinski definition) is 2. The minimum Gasteiger partial charge on any atom is -0.353 e. The first-order chi connectivity index (χ1) is 10.7. The van der Waals surface area contributed by atoms with Gasteiger partial charge in [-0.1, -0.05) is 42.7 Å². The van der Waals surface area contributed by atoms with E-state index in [0.29, 0.717) is 18.3 Å². The molecule has 22 heavy (non-hydrogen) atoms. The second kappa shape index (κ2) is 6.73. The summed E-state index contributed by atoms with van der Waals surface area (Å²) < 4.78 is 0. The Morgan fingerprint density at radius 1 is 1.27 bits per heavy atom. The lowest BCUT2D eigenvalue weighted by Gasteiger charge is -2.10. The third kappa shape index (κ3) is 3.93. The van der Waals surface area contributed by atoms with E-state index in [2.05, 4.69) is 51.7 Å². The van der Waals surface area contributed by atoms with Crippen molar-refractivity contribution in [1.82, 2.24) is 20.5 Å². The number of aromatic nitrogens is 3. The number of benzene rings is 1. The summed E-state index contributed by atoms with van der Waals surface area (Å²) in [5, 5.41) is 10.1. The molecule has 1 heterocycles. The molecule has 0 atom stereocenters. The van der Waals surface area contributed by atoms with Crippen molar-refractivity contribution in [2.45, 2.75) is 51.5 Å². The second-order valence-corrected chi connectivity index (χ2v) is 6.09. The number of carbonyl (C=O) groups is 1. The van der Waals surface area contributed by atoms with E-state index >= 15 is 0 Å². The fraction of sp³-hybridized carbons (Fsp3) is 0.471. The minimum absolute atomic E-state index is 0.0211. The van der Waals surface area contributed by atoms with Crippen LogP contribution in [-0.2, 0) is 17.6 Å². The molecule has 0 radical (unpaired) electrons. The molecule has 1 aromatic carbocycles. The van der Waals surface area contributed by atoms with Crippen LogP contribution in [0, 0.1) is 6.92 Å². The van der Waals surface area contributed by atoms with Crippen LogP contribution in [-0.4, -0.2) is 27.1 Å². The number of nitrogens with one attached hydrogen (secondary N) is 2. The first kappa shape index (κ1) is 14.8. The third-order valence-corrected chi connectivity index (χ3v) is 4.11. The van der Waals surface area contributed by atoms with Gasteiger partial charge in [-0.05, 0) is 25.3 Å². The average molecular weight is 298 g/mol. The van der Waals surface area contributed by atoms with Gasteiger partial charge in [-0.25, -0.2) is 4.98 Å². The van der Waals surface area contributed by atoms with Crippen LogP contribution < -0.4 is 5.32 Å². The molecule has 116 valence electrons. The Balaban J connectivity index is 1.54. The van der Waals surface area contributed by atoms with Gasteiger partial charge in [0.05, 0.1) is 6.42 Å². The largest absolute Gasteiger partial charge is 0.353 e. The van der Waals surface area contributed by atoms with Crippen LogP contribution in [0.15, 0.2) is 24.3 Å². The molecular weight excluding hydrogens is 276 g/mol. The molecule has 0 aliphatic heterocycles. The molecule has 0 saturated heterocycles. The molecule has 1 aliphatic rings. The number of amides is 1. The zero-order chi connectivity index (χ0) is 15.4. The zero-order valence-corrected chi connectivity index (χ0v) is 12.9. The number of rotatable bonds is 5. The van der Waals surface area contributed by atoms with Crippen molar-refractivity contribution < 1.29 is 4.79 Å². The van der Waals surface area contributed by atoms with Crippen LogP contribution in [0.2, 0.25) is 0 Å². The van der Waals surface area contributed by atoms with E-state index in [-0.39, 0.29) is 12.3 Å². The maximum absolute atomic E-state index is 12.0. The normalized spacial score (nSPS) is 15.1. The van der Waals surface area contributed by atoms with Crippen molar-refractivity contribution in [3.63, 3.8) is 0 Å². The highest BCUT2D eigenvalue weighted by molar-refractivity contribution is 5.78. The van der Waals surface area contributed by atoms with E-state index < -0.39 is 0 Å². The van der Waals surface area contributed by atoms with Crippen LogP contribution in [0.3, 0.4) is 0 Å². The maximum Gasteiger partial charge on any atom is 0.227 e. The Hall–Kier alpha value is -2.17. The van der Waals surface area contributed by atoms with E-state index in [9.17, 15) is 4.79 Å². The fourth-order valence-electron chi connectivity index (χ4n) is 2.88. The van der Waals surface area contributed by atoms with Crippen molar-refractivity contribution in [2.75, 3.05) is 0 Å². The van der Waals surface area contributed by atoms with Crippen molar-refractivity contribution in [3.8, 4) is 0 Å². The topological polar surface area (TPSA) is 70.7 Å². The van der Waals surface area contributed by atoms with Gasteiger partial charge in [-0.15, -0.1) is 0 Å². The van der Waals surface area contributed by atoms with Crippen molar-refractivity contribution in [1.29, 1.82) is 0 Å². The summed E-state index contributed by atoms with van der Waals surface area (Å²) in [5.41, 5.74) is 2.43. The van der Waals surface area contributed by atoms with Gasteiger partial charge in [0.15, 0.2) is 5.82 Å². The van der Waals surface area contributed by atoms with Crippen molar-refractivity contribution in [2.24, 2.45) is 0 Å². The highest BCUT2D eigenvalue weighted by atomic mass is 16.1. The van der Waals surface area contributed by atoms with Gasteiger partial charge in [-0.3, -0.25) is 9.89 Å². The zero-order valence-electron chi connectivity index (χ0n) is 12.9. The van der Waals surface area contributed by atoms with Crippen LogP contribution in [0.4, 0.5) is 0 Å². The van der Waals surface area contributed by atoms with E-state index in [1.165, 1.54) is 24.0 Å². The Morgan fingerprint density at radius 2 is 2.00 bits per heavy atom. The smallest absolute Gasteiger partial charge is 0.227 e. The summed E-state index contributed by atoms with van der Waals surface area (Å²) in [6.07, 6.45) is 5.58. The third-order valence-electron chi connectivity index (χ3n) is 4.11. The molecule has 1 aliphatic carbocycles. The molecule has 0 unspecified atom stereocenters. The lowest BCUT2D eigenvalue weighted by Crippen LogP contribution is -2.33. The van der Waals surface area contributed by atoms with Gasteiger partial charge in [0.1, 0.15) is 5.82 Å². The molecule has 0 spiro atoms. The Morgan fingerprint density at radius 3 is 2.73 bits per heavy atom. The monoisotopic (exact) mass is 298 g/mol. The van der Waals surface area contributed by atoms with Gasteiger partial charge < -0.3 is 5.32 Å². The summed E-state index contributed by atoms with van der Waals surface area (Å²) in [6, 6.07) is 8.69. The standard InChI is InChI=1S/C17H22N4O/c1-12-6-8-13(9-7-12)10-15-19-16(21-20-15)11-17(22)18-14-4-2-3-5-14/h6-9,14H,2-5,10-11H2,1H3,(H,18,22)(H,19,20,21). The van der Waals surface area contributed by atoms with Gasteiger partial charge in [0.25, 0.3) is 0 Å². The number of aromatic amines is 1. The molecule has 1 amide bonds. The number of nitrogens with zero attached hydrogens (tertiary/aromatic N) is 2. The summed E-state index contributed by atoms with van der Waals surface area (Å²) >= 11 is 0. The summed E-state index contributed by atoms with van der Waals surface area (Å²) in [5.74, 6) is 1.39. The van der Waals surface area contributed by atoms with Gasteiger partial charge in [0.2, 0.25) is 5.91 Å². The van der Waals surface area contributed by atoms with Crippen LogP contribution in [0.1, 0.15) is 48.5 Å². The molecule has 0 bridgehead atoms. The SMILES string of the molecule is Cc1ccc(Cc2nc(CC(=O)NC3CCCC3)n[nH]2)cc1. The quantitative estimate of drug-likeness (QED) is 0.890. The van der Waals surface area contributed by atoms with Crippen molar-refractivity contribution >= 4 is 5.91 Å². The molecule has 5 heteroatoms. The molecule has 2 aromatic rings. The Kier molecular flexibility index (Phi) is 4.51. The van der Waals surface area contributed by atoms with Crippen LogP contribution in [0.25, 0.3) is 0 Å². The maximum atomic E-state index is 12.0. The molecular formula is C17H22N4O. The lowest BCUT2D eigenvalue weighted by atomic mass is 10.1. The van der Waals surface area contributed by atoms with E-state index in [1.54, 1.807) is 0 Å². The number of H-pyrrole nitrogens is 1. The molecule has 1 aromatic heterocycles. The highest BCUT2D eigenvalue weighted by Gasteiger charge is 2.18. The lowest BCUT2D eigenvalue weighted by molar-refractivity contribution is -0.121. The fourth-order valence-corrected chi connectivity index (χ4v) is 2.88. The summed E-state index contributed by atoms with van der Waals surface area (Å²) in [6.45, 7) is 2.07. The van der Waals surface area contributed by atoms with Gasteiger partial charge in [0, 0.05) is 12.5 Å². The van der Waals surface area contributed by atoms with Crippen LogP contribution >= 0.6 is 0 Å². The first-order valence-electron chi connectivity index (χ1n) is 7.94. The first-order valence-corrected chi connectivity index (χ1v) is 7.94. The number of aryl methyl sites for hydroxylation is 1.